The molecule has 0 saturated carbocycles. The van der Waals surface area contributed by atoms with E-state index in [4.69, 9.17) is 0 Å². The van der Waals surface area contributed by atoms with Gasteiger partial charge in [-0.05, 0) is 43.9 Å². The Hall–Kier alpha value is -1.21. The standard InChI is InChI=1S/C21H30S/c1-3-5-8-14-20(13-4-2)15-11-7-12-18-22-19-21-16-9-6-10-17-21/h3,5-6,8-10,13-14,16-17H,4,7,11-12,15,18-19H2,1-2H3/b5-3-,14-8-,20-13-. The highest BCUT2D eigenvalue weighted by molar-refractivity contribution is 7.98. The summed E-state index contributed by atoms with van der Waals surface area (Å²) < 4.78 is 0. The fraction of sp³-hybridized carbons (Fsp3) is 0.429. The van der Waals surface area contributed by atoms with Gasteiger partial charge in [0, 0.05) is 5.75 Å². The van der Waals surface area contributed by atoms with E-state index in [2.05, 4.69) is 86.3 Å². The Morgan fingerprint density at radius 3 is 2.59 bits per heavy atom. The number of thioether (sulfide) groups is 1. The van der Waals surface area contributed by atoms with Gasteiger partial charge in [-0.25, -0.2) is 0 Å². The van der Waals surface area contributed by atoms with Gasteiger partial charge in [0.25, 0.3) is 0 Å². The summed E-state index contributed by atoms with van der Waals surface area (Å²) in [5.74, 6) is 2.42. The third kappa shape index (κ3) is 9.68. The molecule has 1 aromatic rings. The molecule has 0 bridgehead atoms. The molecule has 0 atom stereocenters. The first-order chi connectivity index (χ1) is 10.9. The molecule has 1 heteroatoms. The minimum absolute atomic E-state index is 1.13. The lowest BCUT2D eigenvalue weighted by molar-refractivity contribution is 0.723. The zero-order valence-corrected chi connectivity index (χ0v) is 14.9. The van der Waals surface area contributed by atoms with Crippen molar-refractivity contribution in [3.05, 3.63) is 71.8 Å². The summed E-state index contributed by atoms with van der Waals surface area (Å²) >= 11 is 2.05. The Kier molecular flexibility index (Phi) is 11.5. The van der Waals surface area contributed by atoms with Gasteiger partial charge in [-0.15, -0.1) is 0 Å². The van der Waals surface area contributed by atoms with Crippen LogP contribution in [0.25, 0.3) is 0 Å². The SMILES string of the molecule is C\C=C/C=C\C(=C\CC)CCCCCSCc1ccccc1. The Morgan fingerprint density at radius 1 is 1.05 bits per heavy atom. The molecule has 0 saturated heterocycles. The van der Waals surface area contributed by atoms with Crippen LogP contribution in [-0.2, 0) is 5.75 Å². The van der Waals surface area contributed by atoms with Crippen molar-refractivity contribution in [1.29, 1.82) is 0 Å². The predicted octanol–water partition coefficient (Wildman–Crippen LogP) is 6.95. The maximum Gasteiger partial charge on any atom is 0.0184 e. The first kappa shape index (κ1) is 18.8. The van der Waals surface area contributed by atoms with Gasteiger partial charge in [0.15, 0.2) is 0 Å². The molecule has 0 aliphatic rings. The molecule has 0 heterocycles. The highest BCUT2D eigenvalue weighted by Gasteiger charge is 1.96. The normalized spacial score (nSPS) is 12.5. The van der Waals surface area contributed by atoms with Gasteiger partial charge in [-0.3, -0.25) is 0 Å². The van der Waals surface area contributed by atoms with E-state index in [0.717, 1.165) is 12.2 Å². The fourth-order valence-corrected chi connectivity index (χ4v) is 3.26. The van der Waals surface area contributed by atoms with Crippen LogP contribution in [0.4, 0.5) is 0 Å². The van der Waals surface area contributed by atoms with E-state index in [0.29, 0.717) is 0 Å². The number of unbranched alkanes of at least 4 members (excludes halogenated alkanes) is 2. The van der Waals surface area contributed by atoms with Gasteiger partial charge in [0.2, 0.25) is 0 Å². The van der Waals surface area contributed by atoms with Crippen LogP contribution in [0.5, 0.6) is 0 Å². The monoisotopic (exact) mass is 314 g/mol. The maximum absolute atomic E-state index is 2.35. The van der Waals surface area contributed by atoms with Crippen LogP contribution in [0.1, 0.15) is 51.5 Å². The second-order valence-corrected chi connectivity index (χ2v) is 6.53. The lowest BCUT2D eigenvalue weighted by Gasteiger charge is -2.04. The van der Waals surface area contributed by atoms with E-state index in [1.165, 1.54) is 42.6 Å². The van der Waals surface area contributed by atoms with Gasteiger partial charge in [-0.2, -0.15) is 11.8 Å². The molecule has 120 valence electrons. The summed E-state index contributed by atoms with van der Waals surface area (Å²) in [7, 11) is 0. The molecule has 0 aromatic heterocycles. The van der Waals surface area contributed by atoms with Crippen LogP contribution in [0.3, 0.4) is 0 Å². The van der Waals surface area contributed by atoms with E-state index in [9.17, 15) is 0 Å². The topological polar surface area (TPSA) is 0 Å². The fourth-order valence-electron chi connectivity index (χ4n) is 2.28. The minimum Gasteiger partial charge on any atom is -0.157 e. The first-order valence-corrected chi connectivity index (χ1v) is 9.62. The molecule has 0 fully saturated rings. The molecule has 1 rings (SSSR count). The van der Waals surface area contributed by atoms with E-state index in [1.54, 1.807) is 0 Å². The number of rotatable bonds is 11. The lowest BCUT2D eigenvalue weighted by Crippen LogP contribution is -1.86. The Morgan fingerprint density at radius 2 is 1.86 bits per heavy atom. The molecule has 0 N–H and O–H groups in total. The summed E-state index contributed by atoms with van der Waals surface area (Å²) in [6, 6.07) is 10.8. The van der Waals surface area contributed by atoms with Crippen molar-refractivity contribution in [3.63, 3.8) is 0 Å². The summed E-state index contributed by atoms with van der Waals surface area (Å²) in [5, 5.41) is 0. The number of allylic oxidation sites excluding steroid dienone is 6. The Balaban J connectivity index is 2.09. The van der Waals surface area contributed by atoms with Gasteiger partial charge in [0.05, 0.1) is 0 Å². The van der Waals surface area contributed by atoms with Crippen LogP contribution < -0.4 is 0 Å². The van der Waals surface area contributed by atoms with Crippen molar-refractivity contribution in [1.82, 2.24) is 0 Å². The zero-order chi connectivity index (χ0) is 15.9. The van der Waals surface area contributed by atoms with E-state index in [-0.39, 0.29) is 0 Å². The predicted molar refractivity (Wildman–Crippen MR) is 103 cm³/mol. The summed E-state index contributed by atoms with van der Waals surface area (Å²) in [6.45, 7) is 4.27. The molecule has 0 aliphatic carbocycles. The minimum atomic E-state index is 1.13. The highest BCUT2D eigenvalue weighted by atomic mass is 32.2. The van der Waals surface area contributed by atoms with Crippen LogP contribution >= 0.6 is 11.8 Å². The Labute approximate surface area is 141 Å². The average molecular weight is 315 g/mol. The van der Waals surface area contributed by atoms with Crippen molar-refractivity contribution in [2.75, 3.05) is 5.75 Å². The number of hydrogen-bond acceptors (Lipinski definition) is 1. The third-order valence-electron chi connectivity index (χ3n) is 3.45. The zero-order valence-electron chi connectivity index (χ0n) is 14.1. The van der Waals surface area contributed by atoms with Gasteiger partial charge in [0.1, 0.15) is 0 Å². The van der Waals surface area contributed by atoms with Gasteiger partial charge >= 0.3 is 0 Å². The van der Waals surface area contributed by atoms with Crippen molar-refractivity contribution in [2.24, 2.45) is 0 Å². The van der Waals surface area contributed by atoms with Crippen LogP contribution in [0, 0.1) is 0 Å². The molecule has 0 nitrogen and oxygen atoms in total. The highest BCUT2D eigenvalue weighted by Crippen LogP contribution is 2.16. The Bertz CT molecular complexity index is 454. The largest absolute Gasteiger partial charge is 0.157 e. The molecule has 1 aromatic carbocycles. The van der Waals surface area contributed by atoms with Crippen LogP contribution in [0.2, 0.25) is 0 Å². The summed E-state index contributed by atoms with van der Waals surface area (Å²) in [6.07, 6.45) is 17.2. The molecule has 0 unspecified atom stereocenters. The second kappa shape index (κ2) is 13.5. The molecule has 0 spiro atoms. The third-order valence-corrected chi connectivity index (χ3v) is 4.56. The maximum atomic E-state index is 2.35. The summed E-state index contributed by atoms with van der Waals surface area (Å²) in [5.41, 5.74) is 2.92. The van der Waals surface area contributed by atoms with Gasteiger partial charge < -0.3 is 0 Å². The molecular formula is C21H30S. The van der Waals surface area contributed by atoms with Gasteiger partial charge in [-0.1, -0.05) is 79.6 Å². The lowest BCUT2D eigenvalue weighted by atomic mass is 10.1. The summed E-state index contributed by atoms with van der Waals surface area (Å²) in [4.78, 5) is 0. The second-order valence-electron chi connectivity index (χ2n) is 5.42. The first-order valence-electron chi connectivity index (χ1n) is 8.47. The number of benzene rings is 1. The smallest absolute Gasteiger partial charge is 0.0184 e. The molecule has 0 amide bonds. The van der Waals surface area contributed by atoms with E-state index in [1.807, 2.05) is 0 Å². The quantitative estimate of drug-likeness (QED) is 0.314. The number of hydrogen-bond donors (Lipinski definition) is 0. The van der Waals surface area contributed by atoms with E-state index < -0.39 is 0 Å². The van der Waals surface area contributed by atoms with E-state index >= 15 is 0 Å². The van der Waals surface area contributed by atoms with Crippen molar-refractivity contribution in [3.8, 4) is 0 Å². The molecule has 0 aliphatic heterocycles. The molecular weight excluding hydrogens is 284 g/mol. The molecule has 22 heavy (non-hydrogen) atoms. The van der Waals surface area contributed by atoms with Crippen LogP contribution in [-0.4, -0.2) is 5.75 Å². The van der Waals surface area contributed by atoms with Crippen molar-refractivity contribution >= 4 is 11.8 Å². The van der Waals surface area contributed by atoms with Crippen molar-refractivity contribution < 1.29 is 0 Å². The molecule has 0 radical (unpaired) electrons. The van der Waals surface area contributed by atoms with Crippen LogP contribution in [0.15, 0.2) is 66.3 Å². The van der Waals surface area contributed by atoms with Crippen molar-refractivity contribution in [2.45, 2.75) is 51.7 Å². The average Bonchev–Trinajstić information content (AvgIpc) is 2.55.